The lowest BCUT2D eigenvalue weighted by Gasteiger charge is -2.19. The first-order chi connectivity index (χ1) is 11.2. The van der Waals surface area contributed by atoms with E-state index in [1.165, 1.54) is 24.3 Å². The minimum absolute atomic E-state index is 0.293. The highest BCUT2D eigenvalue weighted by Crippen LogP contribution is 2.50. The van der Waals surface area contributed by atoms with E-state index in [4.69, 9.17) is 0 Å². The molecular weight excluding hydrogens is 370 g/mol. The van der Waals surface area contributed by atoms with Crippen LogP contribution in [-0.2, 0) is 0 Å². The molecule has 128 valence electrons. The van der Waals surface area contributed by atoms with Crippen LogP contribution in [0.15, 0.2) is 80.3 Å². The summed E-state index contributed by atoms with van der Waals surface area (Å²) in [6.07, 6.45) is -11.0. The Balaban J connectivity index is 2.53. The minimum Gasteiger partial charge on any atom is -0.166 e. The van der Waals surface area contributed by atoms with Gasteiger partial charge >= 0.3 is 12.4 Å². The van der Waals surface area contributed by atoms with Gasteiger partial charge in [0.15, 0.2) is 5.57 Å². The van der Waals surface area contributed by atoms with Gasteiger partial charge in [-0.25, -0.2) is 0 Å². The van der Waals surface area contributed by atoms with Gasteiger partial charge in [0.25, 0.3) is 0 Å². The Morgan fingerprint density at radius 1 is 0.583 bits per heavy atom. The Bertz CT molecular complexity index is 631. The highest BCUT2D eigenvalue weighted by atomic mass is 32.2. The molecule has 0 radical (unpaired) electrons. The molecule has 0 amide bonds. The quantitative estimate of drug-likeness (QED) is 0.418. The second-order valence-electron chi connectivity index (χ2n) is 4.49. The van der Waals surface area contributed by atoms with Gasteiger partial charge in [-0.3, -0.25) is 0 Å². The van der Waals surface area contributed by atoms with Crippen LogP contribution >= 0.6 is 23.5 Å². The van der Waals surface area contributed by atoms with Crippen molar-refractivity contribution in [1.29, 1.82) is 0 Å². The van der Waals surface area contributed by atoms with Crippen LogP contribution in [0.1, 0.15) is 0 Å². The average Bonchev–Trinajstić information content (AvgIpc) is 2.46. The molecule has 0 aliphatic rings. The van der Waals surface area contributed by atoms with Crippen molar-refractivity contribution in [2.75, 3.05) is 0 Å². The van der Waals surface area contributed by atoms with Gasteiger partial charge in [-0.15, -0.1) is 0 Å². The fourth-order valence-electron chi connectivity index (χ4n) is 1.71. The number of hydrogen-bond acceptors (Lipinski definition) is 2. The van der Waals surface area contributed by atoms with Crippen LogP contribution in [0, 0.1) is 0 Å². The van der Waals surface area contributed by atoms with Crippen molar-refractivity contribution >= 4 is 23.5 Å². The van der Waals surface area contributed by atoms with E-state index in [0.29, 0.717) is 33.3 Å². The molecule has 0 atom stereocenters. The number of hydrogen-bond donors (Lipinski definition) is 0. The predicted molar refractivity (Wildman–Crippen MR) is 83.7 cm³/mol. The molecule has 0 saturated carbocycles. The molecule has 0 aliphatic carbocycles. The zero-order valence-electron chi connectivity index (χ0n) is 11.9. The van der Waals surface area contributed by atoms with Crippen LogP contribution in [0.3, 0.4) is 0 Å². The van der Waals surface area contributed by atoms with E-state index in [2.05, 4.69) is 0 Å². The first-order valence-electron chi connectivity index (χ1n) is 6.52. The summed E-state index contributed by atoms with van der Waals surface area (Å²) >= 11 is 0.896. The average molecular weight is 380 g/mol. The lowest BCUT2D eigenvalue weighted by atomic mass is 10.3. The molecule has 24 heavy (non-hydrogen) atoms. The molecule has 0 N–H and O–H groups in total. The van der Waals surface area contributed by atoms with Crippen molar-refractivity contribution in [2.45, 2.75) is 22.1 Å². The molecule has 0 spiro atoms. The fourth-order valence-corrected chi connectivity index (χ4v) is 4.13. The van der Waals surface area contributed by atoms with E-state index < -0.39 is 22.2 Å². The van der Waals surface area contributed by atoms with Crippen LogP contribution in [0.2, 0.25) is 0 Å². The van der Waals surface area contributed by atoms with Crippen LogP contribution < -0.4 is 0 Å². The van der Waals surface area contributed by atoms with Gasteiger partial charge in [0, 0.05) is 9.79 Å². The molecule has 0 aromatic heterocycles. The monoisotopic (exact) mass is 380 g/mol. The Kier molecular flexibility index (Phi) is 5.92. The van der Waals surface area contributed by atoms with Crippen LogP contribution in [-0.4, -0.2) is 12.4 Å². The van der Waals surface area contributed by atoms with Gasteiger partial charge in [0.2, 0.25) is 0 Å². The number of thioether (sulfide) groups is 2. The van der Waals surface area contributed by atoms with Crippen molar-refractivity contribution < 1.29 is 26.3 Å². The molecule has 0 fully saturated rings. The Morgan fingerprint density at radius 3 is 1.21 bits per heavy atom. The summed E-state index contributed by atoms with van der Waals surface area (Å²) in [6, 6.07) is 15.3. The van der Waals surface area contributed by atoms with Crippen molar-refractivity contribution in [3.8, 4) is 0 Å². The van der Waals surface area contributed by atoms with Gasteiger partial charge in [0.1, 0.15) is 0 Å². The summed E-state index contributed by atoms with van der Waals surface area (Å²) in [4.78, 5) is 0.587. The van der Waals surface area contributed by atoms with Crippen molar-refractivity contribution in [1.82, 2.24) is 0 Å². The van der Waals surface area contributed by atoms with Crippen LogP contribution in [0.5, 0.6) is 0 Å². The highest BCUT2D eigenvalue weighted by Gasteiger charge is 2.53. The van der Waals surface area contributed by atoms with E-state index in [0.717, 1.165) is 0 Å². The Labute approximate surface area is 142 Å². The molecular formula is C16H10F6S2. The van der Waals surface area contributed by atoms with Crippen molar-refractivity contribution in [2.24, 2.45) is 0 Å². The van der Waals surface area contributed by atoms with E-state index in [-0.39, 0.29) is 0 Å². The topological polar surface area (TPSA) is 0 Å². The van der Waals surface area contributed by atoms with Crippen LogP contribution in [0.25, 0.3) is 0 Å². The molecule has 0 unspecified atom stereocenters. The summed E-state index contributed by atoms with van der Waals surface area (Å²) in [7, 11) is 0. The van der Waals surface area contributed by atoms with Crippen LogP contribution in [0.4, 0.5) is 26.3 Å². The van der Waals surface area contributed by atoms with Gasteiger partial charge in [0.05, 0.1) is 4.24 Å². The van der Waals surface area contributed by atoms with E-state index in [9.17, 15) is 26.3 Å². The summed E-state index contributed by atoms with van der Waals surface area (Å²) in [5.41, 5.74) is -2.49. The van der Waals surface area contributed by atoms with Gasteiger partial charge < -0.3 is 0 Å². The Morgan fingerprint density at radius 2 is 0.917 bits per heavy atom. The molecule has 2 aromatic rings. The predicted octanol–water partition coefficient (Wildman–Crippen LogP) is 6.91. The SMILES string of the molecule is FC(F)(F)C(=C(Sc1ccccc1)Sc1ccccc1)C(F)(F)F. The van der Waals surface area contributed by atoms with Crippen molar-refractivity contribution in [3.63, 3.8) is 0 Å². The second-order valence-corrected chi connectivity index (χ2v) is 6.91. The Hall–Kier alpha value is -1.54. The van der Waals surface area contributed by atoms with Gasteiger partial charge in [-0.1, -0.05) is 59.9 Å². The normalized spacial score (nSPS) is 12.1. The summed E-state index contributed by atoms with van der Waals surface area (Å²) in [5.74, 6) is 0. The molecule has 2 aromatic carbocycles. The molecule has 0 heterocycles. The lowest BCUT2D eigenvalue weighted by molar-refractivity contribution is -0.171. The maximum absolute atomic E-state index is 13.1. The van der Waals surface area contributed by atoms with E-state index in [1.54, 1.807) is 36.4 Å². The first kappa shape index (κ1) is 18.8. The maximum Gasteiger partial charge on any atom is 0.422 e. The fraction of sp³-hybridized carbons (Fsp3) is 0.125. The highest BCUT2D eigenvalue weighted by molar-refractivity contribution is 8.22. The smallest absolute Gasteiger partial charge is 0.166 e. The van der Waals surface area contributed by atoms with E-state index in [1.807, 2.05) is 0 Å². The molecule has 0 bridgehead atoms. The molecule has 8 heteroatoms. The third-order valence-corrected chi connectivity index (χ3v) is 4.97. The molecule has 0 nitrogen and oxygen atoms in total. The number of benzene rings is 2. The van der Waals surface area contributed by atoms with Crippen molar-refractivity contribution in [3.05, 3.63) is 70.5 Å². The number of halogens is 6. The first-order valence-corrected chi connectivity index (χ1v) is 8.15. The largest absolute Gasteiger partial charge is 0.422 e. The summed E-state index contributed by atoms with van der Waals surface area (Å²) < 4.78 is 77.5. The summed E-state index contributed by atoms with van der Waals surface area (Å²) in [5, 5.41) is 0. The lowest BCUT2D eigenvalue weighted by Crippen LogP contribution is -2.27. The zero-order chi connectivity index (χ0) is 17.8. The maximum atomic E-state index is 13.1. The summed E-state index contributed by atoms with van der Waals surface area (Å²) in [6.45, 7) is 0. The van der Waals surface area contributed by atoms with Gasteiger partial charge in [-0.2, -0.15) is 26.3 Å². The number of rotatable bonds is 4. The van der Waals surface area contributed by atoms with Gasteiger partial charge in [-0.05, 0) is 24.3 Å². The second kappa shape index (κ2) is 7.57. The number of allylic oxidation sites excluding steroid dienone is 1. The number of alkyl halides is 6. The van der Waals surface area contributed by atoms with E-state index >= 15 is 0 Å². The zero-order valence-corrected chi connectivity index (χ0v) is 13.5. The molecule has 0 saturated heterocycles. The third-order valence-electron chi connectivity index (χ3n) is 2.68. The standard InChI is InChI=1S/C16H10F6S2/c17-15(18,19)13(16(20,21)22)14(23-11-7-3-1-4-8-11)24-12-9-5-2-6-10-12/h1-10H. The third kappa shape index (κ3) is 5.24. The molecule has 0 aliphatic heterocycles. The molecule has 2 rings (SSSR count). The minimum atomic E-state index is -5.50.